The van der Waals surface area contributed by atoms with Gasteiger partial charge in [0.05, 0.1) is 0 Å². The summed E-state index contributed by atoms with van der Waals surface area (Å²) in [7, 11) is 0. The molecule has 0 fully saturated rings. The molecule has 0 radical (unpaired) electrons. The smallest absolute Gasteiger partial charge is 0.00560 e. The second-order valence-corrected chi connectivity index (χ2v) is 3.67. The SMILES string of the molecule is NC=C1c2ccccc2-c2ccccc21. The van der Waals surface area contributed by atoms with Gasteiger partial charge in [-0.1, -0.05) is 48.5 Å². The predicted octanol–water partition coefficient (Wildman–Crippen LogP) is 3.01. The van der Waals surface area contributed by atoms with E-state index in [0.717, 1.165) is 5.57 Å². The van der Waals surface area contributed by atoms with Crippen LogP contribution in [-0.2, 0) is 0 Å². The van der Waals surface area contributed by atoms with E-state index in [2.05, 4.69) is 36.4 Å². The molecular weight excluding hydrogens is 182 g/mol. The predicted molar refractivity (Wildman–Crippen MR) is 63.1 cm³/mol. The molecule has 1 aliphatic rings. The third-order valence-corrected chi connectivity index (χ3v) is 2.89. The van der Waals surface area contributed by atoms with Crippen molar-refractivity contribution in [2.75, 3.05) is 0 Å². The summed E-state index contributed by atoms with van der Waals surface area (Å²) in [5.41, 5.74) is 11.9. The Hall–Kier alpha value is -2.02. The average Bonchev–Trinajstić information content (AvgIpc) is 2.63. The molecule has 3 rings (SSSR count). The fraction of sp³-hybridized carbons (Fsp3) is 0. The first-order valence-corrected chi connectivity index (χ1v) is 5.03. The van der Waals surface area contributed by atoms with E-state index in [9.17, 15) is 0 Å². The van der Waals surface area contributed by atoms with Gasteiger partial charge in [-0.2, -0.15) is 0 Å². The van der Waals surface area contributed by atoms with Gasteiger partial charge in [-0.05, 0) is 22.3 Å². The van der Waals surface area contributed by atoms with Gasteiger partial charge in [0, 0.05) is 11.8 Å². The van der Waals surface area contributed by atoms with Crippen molar-refractivity contribution in [1.29, 1.82) is 0 Å². The van der Waals surface area contributed by atoms with Gasteiger partial charge in [0.15, 0.2) is 0 Å². The molecule has 0 heterocycles. The molecule has 1 nitrogen and oxygen atoms in total. The van der Waals surface area contributed by atoms with Crippen molar-refractivity contribution in [2.45, 2.75) is 0 Å². The average molecular weight is 193 g/mol. The molecule has 0 unspecified atom stereocenters. The lowest BCUT2D eigenvalue weighted by Gasteiger charge is -1.99. The molecule has 2 aromatic rings. The summed E-state index contributed by atoms with van der Waals surface area (Å²) in [4.78, 5) is 0. The summed E-state index contributed by atoms with van der Waals surface area (Å²) in [6, 6.07) is 16.8. The maximum absolute atomic E-state index is 5.70. The molecule has 72 valence electrons. The van der Waals surface area contributed by atoms with Gasteiger partial charge >= 0.3 is 0 Å². The molecule has 1 aliphatic carbocycles. The zero-order valence-electron chi connectivity index (χ0n) is 8.27. The number of rotatable bonds is 0. The summed E-state index contributed by atoms with van der Waals surface area (Å²) in [5, 5.41) is 0. The molecule has 0 bridgehead atoms. The lowest BCUT2D eigenvalue weighted by molar-refractivity contribution is 1.57. The van der Waals surface area contributed by atoms with Gasteiger partial charge in [0.1, 0.15) is 0 Å². The maximum Gasteiger partial charge on any atom is 0.00560 e. The van der Waals surface area contributed by atoms with Crippen LogP contribution in [0.4, 0.5) is 0 Å². The van der Waals surface area contributed by atoms with Crippen molar-refractivity contribution in [3.63, 3.8) is 0 Å². The van der Waals surface area contributed by atoms with Gasteiger partial charge in [-0.25, -0.2) is 0 Å². The van der Waals surface area contributed by atoms with Crippen LogP contribution in [0.1, 0.15) is 11.1 Å². The van der Waals surface area contributed by atoms with E-state index in [1.54, 1.807) is 6.20 Å². The molecule has 0 aliphatic heterocycles. The molecule has 1 heteroatoms. The van der Waals surface area contributed by atoms with Crippen LogP contribution in [0.2, 0.25) is 0 Å². The van der Waals surface area contributed by atoms with Crippen LogP contribution < -0.4 is 5.73 Å². The fourth-order valence-electron chi connectivity index (χ4n) is 2.23. The third-order valence-electron chi connectivity index (χ3n) is 2.89. The Bertz CT molecular complexity index is 505. The Kier molecular flexibility index (Phi) is 1.65. The monoisotopic (exact) mass is 193 g/mol. The Balaban J connectivity index is 2.41. The highest BCUT2D eigenvalue weighted by Crippen LogP contribution is 2.43. The number of hydrogen-bond donors (Lipinski definition) is 1. The zero-order valence-corrected chi connectivity index (χ0v) is 8.27. The second-order valence-electron chi connectivity index (χ2n) is 3.67. The van der Waals surface area contributed by atoms with Gasteiger partial charge < -0.3 is 5.73 Å². The maximum atomic E-state index is 5.70. The standard InChI is InChI=1S/C14H11N/c15-9-14-12-7-3-1-5-10(12)11-6-2-4-8-13(11)14/h1-9H,15H2. The van der Waals surface area contributed by atoms with Gasteiger partial charge in [-0.15, -0.1) is 0 Å². The van der Waals surface area contributed by atoms with E-state index in [4.69, 9.17) is 5.73 Å². The summed E-state index contributed by atoms with van der Waals surface area (Å²) in [6.45, 7) is 0. The third kappa shape index (κ3) is 1.03. The lowest BCUT2D eigenvalue weighted by atomic mass is 10.1. The van der Waals surface area contributed by atoms with Crippen molar-refractivity contribution in [3.05, 3.63) is 65.9 Å². The van der Waals surface area contributed by atoms with E-state index in [-0.39, 0.29) is 0 Å². The fourth-order valence-corrected chi connectivity index (χ4v) is 2.23. The first-order chi connectivity index (χ1) is 7.42. The summed E-state index contributed by atoms with van der Waals surface area (Å²) >= 11 is 0. The van der Waals surface area contributed by atoms with Gasteiger partial charge in [0.25, 0.3) is 0 Å². The molecular formula is C14H11N. The summed E-state index contributed by atoms with van der Waals surface area (Å²) in [6.07, 6.45) is 1.70. The molecule has 0 amide bonds. The minimum absolute atomic E-state index is 1.14. The van der Waals surface area contributed by atoms with Gasteiger partial charge in [-0.3, -0.25) is 0 Å². The van der Waals surface area contributed by atoms with E-state index in [0.29, 0.717) is 0 Å². The Morgan fingerprint density at radius 1 is 0.667 bits per heavy atom. The molecule has 2 aromatic carbocycles. The quantitative estimate of drug-likeness (QED) is 0.583. The minimum atomic E-state index is 1.14. The molecule has 0 aromatic heterocycles. The Morgan fingerprint density at radius 3 is 1.47 bits per heavy atom. The minimum Gasteiger partial charge on any atom is -0.404 e. The van der Waals surface area contributed by atoms with Crippen molar-refractivity contribution >= 4 is 5.57 Å². The van der Waals surface area contributed by atoms with Crippen LogP contribution in [0.3, 0.4) is 0 Å². The highest BCUT2D eigenvalue weighted by molar-refractivity contribution is 6.00. The number of fused-ring (bicyclic) bond motifs is 3. The Morgan fingerprint density at radius 2 is 1.07 bits per heavy atom. The number of hydrogen-bond acceptors (Lipinski definition) is 1. The summed E-state index contributed by atoms with van der Waals surface area (Å²) < 4.78 is 0. The molecule has 15 heavy (non-hydrogen) atoms. The molecule has 0 atom stereocenters. The van der Waals surface area contributed by atoms with Crippen LogP contribution in [0.5, 0.6) is 0 Å². The van der Waals surface area contributed by atoms with E-state index in [1.807, 2.05) is 12.1 Å². The molecule has 0 spiro atoms. The largest absolute Gasteiger partial charge is 0.404 e. The summed E-state index contributed by atoms with van der Waals surface area (Å²) in [5.74, 6) is 0. The van der Waals surface area contributed by atoms with Crippen LogP contribution in [0.15, 0.2) is 54.7 Å². The lowest BCUT2D eigenvalue weighted by Crippen LogP contribution is -1.86. The topological polar surface area (TPSA) is 26.0 Å². The normalized spacial score (nSPS) is 12.1. The molecule has 2 N–H and O–H groups in total. The second kappa shape index (κ2) is 2.99. The van der Waals surface area contributed by atoms with E-state index in [1.165, 1.54) is 22.3 Å². The van der Waals surface area contributed by atoms with E-state index < -0.39 is 0 Å². The highest BCUT2D eigenvalue weighted by Gasteiger charge is 2.21. The zero-order chi connectivity index (χ0) is 10.3. The first-order valence-electron chi connectivity index (χ1n) is 5.03. The highest BCUT2D eigenvalue weighted by atomic mass is 14.5. The number of nitrogens with two attached hydrogens (primary N) is 1. The van der Waals surface area contributed by atoms with Crippen LogP contribution in [0.25, 0.3) is 16.7 Å². The van der Waals surface area contributed by atoms with Crippen molar-refractivity contribution < 1.29 is 0 Å². The van der Waals surface area contributed by atoms with Crippen LogP contribution >= 0.6 is 0 Å². The van der Waals surface area contributed by atoms with Crippen molar-refractivity contribution in [1.82, 2.24) is 0 Å². The molecule has 0 saturated heterocycles. The molecule has 0 saturated carbocycles. The van der Waals surface area contributed by atoms with E-state index >= 15 is 0 Å². The van der Waals surface area contributed by atoms with Gasteiger partial charge in [0.2, 0.25) is 0 Å². The Labute approximate surface area is 88.9 Å². The van der Waals surface area contributed by atoms with Crippen molar-refractivity contribution in [2.24, 2.45) is 5.73 Å². The number of benzene rings is 2. The van der Waals surface area contributed by atoms with Crippen LogP contribution in [-0.4, -0.2) is 0 Å². The van der Waals surface area contributed by atoms with Crippen molar-refractivity contribution in [3.8, 4) is 11.1 Å². The first kappa shape index (κ1) is 8.30. The van der Waals surface area contributed by atoms with Crippen LogP contribution in [0, 0.1) is 0 Å².